The highest BCUT2D eigenvalue weighted by molar-refractivity contribution is 5.61. The Labute approximate surface area is 171 Å². The topological polar surface area (TPSA) is 27.2 Å². The number of hydrogen-bond acceptors (Lipinski definition) is 1. The smallest absolute Gasteiger partial charge is 0.210 e. The Morgan fingerprint density at radius 2 is 1.15 bits per heavy atom. The summed E-state index contributed by atoms with van der Waals surface area (Å²) in [4.78, 5) is 3.05. The molecule has 4 aromatic rings. The Morgan fingerprint density at radius 1 is 0.593 bits per heavy atom. The van der Waals surface area contributed by atoms with Gasteiger partial charge in [0.1, 0.15) is 11.5 Å². The van der Waals surface area contributed by atoms with E-state index in [1.807, 2.05) is 54.9 Å². The fourth-order valence-electron chi connectivity index (χ4n) is 2.68. The molecule has 0 fully saturated rings. The highest BCUT2D eigenvalue weighted by Gasteiger charge is 2.07. The molecule has 2 aromatic carbocycles. The summed E-state index contributed by atoms with van der Waals surface area (Å²) in [6.45, 7) is 0. The third-order valence-electron chi connectivity index (χ3n) is 3.99. The van der Waals surface area contributed by atoms with Crippen LogP contribution < -0.4 is 39.1 Å². The summed E-state index contributed by atoms with van der Waals surface area (Å²) in [5.74, 6) is 1.67. The maximum Gasteiger partial charge on any atom is 0.210 e. The molecule has 136 valence electrons. The monoisotopic (exact) mass is 396 g/mol. The van der Waals surface area contributed by atoms with Gasteiger partial charge in [-0.25, -0.2) is 4.98 Å². The van der Waals surface area contributed by atoms with Crippen LogP contribution in [0.4, 0.5) is 0 Å². The largest absolute Gasteiger partial charge is 1.00 e. The summed E-state index contributed by atoms with van der Waals surface area (Å²) in [6.07, 6.45) is 8.00. The Bertz CT molecular complexity index is 945. The van der Waals surface area contributed by atoms with Gasteiger partial charge in [0.25, 0.3) is 0 Å². The molecule has 0 bridgehead atoms. The number of nitrogens with zero attached hydrogens (tertiary/aromatic N) is 1. The minimum Gasteiger partial charge on any atom is -1.00 e. The molecule has 27 heavy (non-hydrogen) atoms. The van der Waals surface area contributed by atoms with Crippen LogP contribution in [0.1, 0.15) is 0 Å². The van der Waals surface area contributed by atoms with Crippen LogP contribution in [0.2, 0.25) is 0 Å². The molecule has 0 aliphatic heterocycles. The SMILES string of the molecule is [Cl-].[Cl-].c1ccc(Oc2ccc(-[n+]3ccc(-c4cc[nH+]cc4)cc3)cc2)cc1. The average molecular weight is 397 g/mol. The minimum absolute atomic E-state index is 0. The quantitative estimate of drug-likeness (QED) is 0.375. The number of ether oxygens (including phenoxy) is 1. The predicted molar refractivity (Wildman–Crippen MR) is 96.5 cm³/mol. The van der Waals surface area contributed by atoms with Crippen LogP contribution in [-0.2, 0) is 0 Å². The van der Waals surface area contributed by atoms with Crippen LogP contribution >= 0.6 is 0 Å². The second-order valence-corrected chi connectivity index (χ2v) is 5.69. The van der Waals surface area contributed by atoms with Gasteiger partial charge in [-0.3, -0.25) is 0 Å². The molecule has 2 aromatic heterocycles. The molecule has 0 aliphatic carbocycles. The van der Waals surface area contributed by atoms with Crippen molar-refractivity contribution < 1.29 is 39.1 Å². The zero-order valence-electron chi connectivity index (χ0n) is 14.4. The van der Waals surface area contributed by atoms with Crippen LogP contribution in [-0.4, -0.2) is 0 Å². The van der Waals surface area contributed by atoms with E-state index in [2.05, 4.69) is 58.3 Å². The number of aromatic amines is 1. The molecule has 2 heterocycles. The van der Waals surface area contributed by atoms with E-state index in [1.165, 1.54) is 11.1 Å². The van der Waals surface area contributed by atoms with Gasteiger partial charge in [0.2, 0.25) is 5.69 Å². The number of hydrogen-bond donors (Lipinski definition) is 0. The number of aromatic nitrogens is 2. The maximum absolute atomic E-state index is 5.83. The molecule has 1 N–H and O–H groups in total. The van der Waals surface area contributed by atoms with Crippen LogP contribution in [0, 0.1) is 0 Å². The zero-order chi connectivity index (χ0) is 16.9. The summed E-state index contributed by atoms with van der Waals surface area (Å²) >= 11 is 0. The molecule has 0 radical (unpaired) electrons. The second kappa shape index (κ2) is 9.72. The van der Waals surface area contributed by atoms with E-state index in [4.69, 9.17) is 4.74 Å². The summed E-state index contributed by atoms with van der Waals surface area (Å²) in [7, 11) is 0. The number of H-pyrrole nitrogens is 1. The first kappa shape index (κ1) is 20.4. The third kappa shape index (κ3) is 5.07. The molecule has 0 aliphatic rings. The highest BCUT2D eigenvalue weighted by atomic mass is 35.5. The number of halogens is 2. The van der Waals surface area contributed by atoms with Crippen LogP contribution in [0.3, 0.4) is 0 Å². The van der Waals surface area contributed by atoms with Crippen molar-refractivity contribution in [2.75, 3.05) is 0 Å². The van der Waals surface area contributed by atoms with E-state index >= 15 is 0 Å². The molecular weight excluding hydrogens is 379 g/mol. The fraction of sp³-hybridized carbons (Fsp3) is 0. The molecule has 0 saturated heterocycles. The Morgan fingerprint density at radius 3 is 1.78 bits per heavy atom. The molecule has 0 saturated carbocycles. The van der Waals surface area contributed by atoms with E-state index in [0.29, 0.717) is 0 Å². The van der Waals surface area contributed by atoms with Gasteiger partial charge in [0, 0.05) is 36.4 Å². The molecular formula is C22H18Cl2N2O. The molecule has 0 unspecified atom stereocenters. The van der Waals surface area contributed by atoms with Gasteiger partial charge in [-0.1, -0.05) is 18.2 Å². The number of para-hydroxylation sites is 1. The van der Waals surface area contributed by atoms with Gasteiger partial charge in [-0.2, -0.15) is 4.57 Å². The third-order valence-corrected chi connectivity index (χ3v) is 3.99. The van der Waals surface area contributed by atoms with Crippen molar-refractivity contribution in [3.8, 4) is 28.3 Å². The van der Waals surface area contributed by atoms with Crippen molar-refractivity contribution in [1.82, 2.24) is 0 Å². The highest BCUT2D eigenvalue weighted by Crippen LogP contribution is 2.21. The maximum atomic E-state index is 5.83. The van der Waals surface area contributed by atoms with Gasteiger partial charge in [0.15, 0.2) is 24.8 Å². The van der Waals surface area contributed by atoms with Crippen molar-refractivity contribution in [2.24, 2.45) is 0 Å². The van der Waals surface area contributed by atoms with E-state index < -0.39 is 0 Å². The lowest BCUT2D eigenvalue weighted by Gasteiger charge is -2.05. The van der Waals surface area contributed by atoms with Crippen LogP contribution in [0.25, 0.3) is 16.8 Å². The zero-order valence-corrected chi connectivity index (χ0v) is 15.9. The second-order valence-electron chi connectivity index (χ2n) is 5.69. The number of nitrogens with one attached hydrogen (secondary N) is 1. The summed E-state index contributed by atoms with van der Waals surface area (Å²) in [6, 6.07) is 26.2. The van der Waals surface area contributed by atoms with Crippen molar-refractivity contribution in [1.29, 1.82) is 0 Å². The first-order valence-electron chi connectivity index (χ1n) is 8.20. The molecule has 0 atom stereocenters. The number of rotatable bonds is 4. The molecule has 5 heteroatoms. The molecule has 0 amide bonds. The van der Waals surface area contributed by atoms with Crippen molar-refractivity contribution in [3.63, 3.8) is 0 Å². The average Bonchev–Trinajstić information content (AvgIpc) is 2.70. The molecule has 3 nitrogen and oxygen atoms in total. The normalized spacial score (nSPS) is 9.63. The number of pyridine rings is 2. The standard InChI is InChI=1S/C22H17N2O.2ClH/c1-2-4-21(5-3-1)25-22-8-6-20(7-9-22)24-16-12-19(13-17-24)18-10-14-23-15-11-18;;/h1-17H;2*1H/q+1;;/p-1. The van der Waals surface area contributed by atoms with Gasteiger partial charge >= 0.3 is 0 Å². The van der Waals surface area contributed by atoms with E-state index in [1.54, 1.807) is 0 Å². The molecule has 0 spiro atoms. The predicted octanol–water partition coefficient (Wildman–Crippen LogP) is -1.76. The lowest BCUT2D eigenvalue weighted by molar-refractivity contribution is -0.595. The van der Waals surface area contributed by atoms with E-state index in [-0.39, 0.29) is 24.8 Å². The van der Waals surface area contributed by atoms with Crippen LogP contribution in [0.5, 0.6) is 11.5 Å². The number of benzene rings is 2. The lowest BCUT2D eigenvalue weighted by atomic mass is 10.1. The first-order chi connectivity index (χ1) is 12.4. The molecule has 4 rings (SSSR count). The van der Waals surface area contributed by atoms with Gasteiger partial charge < -0.3 is 29.6 Å². The summed E-state index contributed by atoms with van der Waals surface area (Å²) in [5, 5.41) is 0. The van der Waals surface area contributed by atoms with Crippen molar-refractivity contribution in [2.45, 2.75) is 0 Å². The Hall–Kier alpha value is -2.88. The van der Waals surface area contributed by atoms with Gasteiger partial charge in [-0.05, 0) is 35.4 Å². The fourth-order valence-corrected chi connectivity index (χ4v) is 2.68. The Balaban J connectivity index is 0.00000131. The summed E-state index contributed by atoms with van der Waals surface area (Å²) < 4.78 is 7.92. The van der Waals surface area contributed by atoms with Gasteiger partial charge in [0.05, 0.1) is 0 Å². The first-order valence-corrected chi connectivity index (χ1v) is 8.20. The van der Waals surface area contributed by atoms with Crippen molar-refractivity contribution in [3.05, 3.63) is 104 Å². The van der Waals surface area contributed by atoms with Crippen molar-refractivity contribution >= 4 is 0 Å². The summed E-state index contributed by atoms with van der Waals surface area (Å²) in [5.41, 5.74) is 3.47. The lowest BCUT2D eigenvalue weighted by Crippen LogP contribution is -3.00. The Kier molecular flexibility index (Phi) is 7.35. The van der Waals surface area contributed by atoms with Gasteiger partial charge in [-0.15, -0.1) is 0 Å². The van der Waals surface area contributed by atoms with Crippen LogP contribution in [0.15, 0.2) is 104 Å². The van der Waals surface area contributed by atoms with E-state index in [0.717, 1.165) is 17.2 Å². The minimum atomic E-state index is 0. The van der Waals surface area contributed by atoms with E-state index in [9.17, 15) is 0 Å².